The van der Waals surface area contributed by atoms with Crippen LogP contribution >= 0.6 is 0 Å². The standard InChI is InChI=1S/C12H23N/c1-10(2)11-5-3-4-8-13(9-11)12-6-7-12/h10-12H,3-9H2,1-2H3. The topological polar surface area (TPSA) is 3.24 Å². The van der Waals surface area contributed by atoms with Gasteiger partial charge in [0.05, 0.1) is 0 Å². The van der Waals surface area contributed by atoms with E-state index >= 15 is 0 Å². The average Bonchev–Trinajstić information content (AvgIpc) is 2.91. The minimum absolute atomic E-state index is 0.888. The van der Waals surface area contributed by atoms with Gasteiger partial charge in [-0.1, -0.05) is 20.3 Å². The van der Waals surface area contributed by atoms with Crippen LogP contribution in [0.2, 0.25) is 0 Å². The molecule has 13 heavy (non-hydrogen) atoms. The molecule has 1 saturated carbocycles. The summed E-state index contributed by atoms with van der Waals surface area (Å²) in [4.78, 5) is 2.76. The van der Waals surface area contributed by atoms with Crippen LogP contribution in [0.1, 0.15) is 46.0 Å². The van der Waals surface area contributed by atoms with Gasteiger partial charge in [0.25, 0.3) is 0 Å². The van der Waals surface area contributed by atoms with Crippen molar-refractivity contribution >= 4 is 0 Å². The van der Waals surface area contributed by atoms with Crippen LogP contribution in [0.3, 0.4) is 0 Å². The van der Waals surface area contributed by atoms with Crippen molar-refractivity contribution in [2.24, 2.45) is 11.8 Å². The SMILES string of the molecule is CC(C)C1CCCCN(C2CC2)C1. The summed E-state index contributed by atoms with van der Waals surface area (Å²) < 4.78 is 0. The Morgan fingerprint density at radius 1 is 1.08 bits per heavy atom. The fourth-order valence-corrected chi connectivity index (χ4v) is 2.52. The maximum atomic E-state index is 2.76. The van der Waals surface area contributed by atoms with Crippen LogP contribution in [0.25, 0.3) is 0 Å². The second-order valence-electron chi connectivity index (χ2n) is 5.23. The van der Waals surface area contributed by atoms with Crippen molar-refractivity contribution in [2.45, 2.75) is 52.0 Å². The maximum Gasteiger partial charge on any atom is 0.00965 e. The molecule has 76 valence electrons. The number of likely N-dealkylation sites (tertiary alicyclic amines) is 1. The number of nitrogens with zero attached hydrogens (tertiary/aromatic N) is 1. The molecular weight excluding hydrogens is 158 g/mol. The molecule has 0 aromatic carbocycles. The maximum absolute atomic E-state index is 2.76. The summed E-state index contributed by atoms with van der Waals surface area (Å²) in [5.74, 6) is 1.86. The van der Waals surface area contributed by atoms with Crippen molar-refractivity contribution in [1.82, 2.24) is 4.90 Å². The zero-order chi connectivity index (χ0) is 9.26. The van der Waals surface area contributed by atoms with Gasteiger partial charge in [-0.25, -0.2) is 0 Å². The predicted molar refractivity (Wildman–Crippen MR) is 56.8 cm³/mol. The van der Waals surface area contributed by atoms with E-state index in [9.17, 15) is 0 Å². The normalized spacial score (nSPS) is 32.1. The summed E-state index contributed by atoms with van der Waals surface area (Å²) in [6, 6.07) is 0.986. The minimum Gasteiger partial charge on any atom is -0.300 e. The summed E-state index contributed by atoms with van der Waals surface area (Å²) in [5.41, 5.74) is 0. The zero-order valence-corrected chi connectivity index (χ0v) is 9.13. The summed E-state index contributed by atoms with van der Waals surface area (Å²) in [6.45, 7) is 7.55. The lowest BCUT2D eigenvalue weighted by atomic mass is 9.91. The molecule has 2 aliphatic rings. The molecule has 0 bridgehead atoms. The molecule has 1 atom stereocenters. The summed E-state index contributed by atoms with van der Waals surface area (Å²) in [7, 11) is 0. The number of hydrogen-bond donors (Lipinski definition) is 0. The van der Waals surface area contributed by atoms with Gasteiger partial charge in [0, 0.05) is 12.6 Å². The Hall–Kier alpha value is -0.0400. The van der Waals surface area contributed by atoms with Crippen LogP contribution in [-0.2, 0) is 0 Å². The lowest BCUT2D eigenvalue weighted by molar-refractivity contribution is 0.211. The largest absolute Gasteiger partial charge is 0.300 e. The number of hydrogen-bond acceptors (Lipinski definition) is 1. The van der Waals surface area contributed by atoms with Crippen molar-refractivity contribution in [3.05, 3.63) is 0 Å². The third-order valence-corrected chi connectivity index (χ3v) is 3.75. The van der Waals surface area contributed by atoms with Gasteiger partial charge in [-0.2, -0.15) is 0 Å². The Morgan fingerprint density at radius 2 is 1.85 bits per heavy atom. The van der Waals surface area contributed by atoms with Gasteiger partial charge < -0.3 is 4.90 Å². The molecule has 2 fully saturated rings. The molecule has 0 aromatic heterocycles. The van der Waals surface area contributed by atoms with Crippen LogP contribution in [0, 0.1) is 11.8 Å². The molecule has 0 aromatic rings. The van der Waals surface area contributed by atoms with E-state index in [0.717, 1.165) is 17.9 Å². The fourth-order valence-electron chi connectivity index (χ4n) is 2.52. The first-order valence-corrected chi connectivity index (χ1v) is 6.01. The summed E-state index contributed by atoms with van der Waals surface area (Å²) >= 11 is 0. The first-order chi connectivity index (χ1) is 6.27. The first-order valence-electron chi connectivity index (χ1n) is 6.01. The molecule has 1 aliphatic carbocycles. The van der Waals surface area contributed by atoms with Gasteiger partial charge in [-0.15, -0.1) is 0 Å². The van der Waals surface area contributed by atoms with Gasteiger partial charge >= 0.3 is 0 Å². The van der Waals surface area contributed by atoms with Crippen molar-refractivity contribution < 1.29 is 0 Å². The quantitative estimate of drug-likeness (QED) is 0.633. The molecular formula is C12H23N. The highest BCUT2D eigenvalue weighted by Crippen LogP contribution is 2.32. The highest BCUT2D eigenvalue weighted by molar-refractivity contribution is 4.87. The Labute approximate surface area is 82.5 Å². The van der Waals surface area contributed by atoms with Crippen molar-refractivity contribution in [2.75, 3.05) is 13.1 Å². The van der Waals surface area contributed by atoms with E-state index < -0.39 is 0 Å². The summed E-state index contributed by atoms with van der Waals surface area (Å²) in [6.07, 6.45) is 7.34. The molecule has 1 aliphatic heterocycles. The molecule has 1 heterocycles. The Bertz CT molecular complexity index is 151. The Kier molecular flexibility index (Phi) is 2.92. The average molecular weight is 181 g/mol. The second kappa shape index (κ2) is 4.00. The lowest BCUT2D eigenvalue weighted by Crippen LogP contribution is -2.32. The lowest BCUT2D eigenvalue weighted by Gasteiger charge is -2.26. The third-order valence-electron chi connectivity index (χ3n) is 3.75. The van der Waals surface area contributed by atoms with Crippen LogP contribution in [0.5, 0.6) is 0 Å². The molecule has 0 radical (unpaired) electrons. The van der Waals surface area contributed by atoms with Crippen molar-refractivity contribution in [3.63, 3.8) is 0 Å². The molecule has 2 rings (SSSR count). The van der Waals surface area contributed by atoms with E-state index in [1.165, 1.54) is 45.2 Å². The molecule has 0 spiro atoms. The molecule has 1 unspecified atom stereocenters. The fraction of sp³-hybridized carbons (Fsp3) is 1.00. The predicted octanol–water partition coefficient (Wildman–Crippen LogP) is 2.91. The van der Waals surface area contributed by atoms with E-state index in [-0.39, 0.29) is 0 Å². The summed E-state index contributed by atoms with van der Waals surface area (Å²) in [5, 5.41) is 0. The van der Waals surface area contributed by atoms with Gasteiger partial charge in [-0.05, 0) is 44.1 Å². The first kappa shape index (κ1) is 9.51. The van der Waals surface area contributed by atoms with E-state index in [1.807, 2.05) is 0 Å². The monoisotopic (exact) mass is 181 g/mol. The van der Waals surface area contributed by atoms with Gasteiger partial charge in [0.1, 0.15) is 0 Å². The highest BCUT2D eigenvalue weighted by atomic mass is 15.2. The van der Waals surface area contributed by atoms with E-state index in [4.69, 9.17) is 0 Å². The van der Waals surface area contributed by atoms with E-state index in [1.54, 1.807) is 0 Å². The molecule has 0 amide bonds. The molecule has 1 heteroatoms. The Morgan fingerprint density at radius 3 is 2.46 bits per heavy atom. The number of rotatable bonds is 2. The smallest absolute Gasteiger partial charge is 0.00965 e. The van der Waals surface area contributed by atoms with Crippen LogP contribution in [-0.4, -0.2) is 24.0 Å². The van der Waals surface area contributed by atoms with Crippen LogP contribution in [0.15, 0.2) is 0 Å². The molecule has 1 nitrogen and oxygen atoms in total. The third kappa shape index (κ3) is 2.46. The van der Waals surface area contributed by atoms with Crippen molar-refractivity contribution in [1.29, 1.82) is 0 Å². The van der Waals surface area contributed by atoms with E-state index in [0.29, 0.717) is 0 Å². The molecule has 0 N–H and O–H groups in total. The highest BCUT2D eigenvalue weighted by Gasteiger charge is 2.31. The molecule has 1 saturated heterocycles. The van der Waals surface area contributed by atoms with Gasteiger partial charge in [-0.3, -0.25) is 0 Å². The minimum atomic E-state index is 0.888. The van der Waals surface area contributed by atoms with Gasteiger partial charge in [0.15, 0.2) is 0 Å². The van der Waals surface area contributed by atoms with Gasteiger partial charge in [0.2, 0.25) is 0 Å². The van der Waals surface area contributed by atoms with Crippen LogP contribution < -0.4 is 0 Å². The van der Waals surface area contributed by atoms with E-state index in [2.05, 4.69) is 18.7 Å². The Balaban J connectivity index is 1.89. The zero-order valence-electron chi connectivity index (χ0n) is 9.13. The van der Waals surface area contributed by atoms with Crippen molar-refractivity contribution in [3.8, 4) is 0 Å². The second-order valence-corrected chi connectivity index (χ2v) is 5.23. The van der Waals surface area contributed by atoms with Crippen LogP contribution in [0.4, 0.5) is 0 Å².